The molecule has 2 rings (SSSR count). The van der Waals surface area contributed by atoms with Crippen molar-refractivity contribution >= 4 is 11.6 Å². The molecule has 1 heterocycles. The normalized spacial score (nSPS) is 11.1. The van der Waals surface area contributed by atoms with Crippen LogP contribution < -0.4 is 5.73 Å². The maximum atomic E-state index is 5.96. The van der Waals surface area contributed by atoms with Gasteiger partial charge in [0.25, 0.3) is 0 Å². The fourth-order valence-corrected chi connectivity index (χ4v) is 1.96. The molecule has 4 nitrogen and oxygen atoms in total. The molecule has 0 fully saturated rings. The van der Waals surface area contributed by atoms with E-state index in [1.54, 1.807) is 6.33 Å². The van der Waals surface area contributed by atoms with Crippen molar-refractivity contribution in [3.63, 3.8) is 0 Å². The molecule has 2 N–H and O–H groups in total. The highest BCUT2D eigenvalue weighted by Crippen LogP contribution is 2.26. The Labute approximate surface area is 105 Å². The molecule has 0 saturated carbocycles. The quantitative estimate of drug-likeness (QED) is 0.911. The Hall–Kier alpha value is -1.39. The van der Waals surface area contributed by atoms with Crippen molar-refractivity contribution in [3.8, 4) is 11.4 Å². The van der Waals surface area contributed by atoms with Gasteiger partial charge in [0.05, 0.1) is 0 Å². The average Bonchev–Trinajstić information content (AvgIpc) is 2.77. The summed E-state index contributed by atoms with van der Waals surface area (Å²) in [4.78, 5) is 4.30. The topological polar surface area (TPSA) is 56.7 Å². The predicted octanol–water partition coefficient (Wildman–Crippen LogP) is 2.64. The summed E-state index contributed by atoms with van der Waals surface area (Å²) in [5.41, 5.74) is 7.70. The van der Waals surface area contributed by atoms with Gasteiger partial charge in [0.2, 0.25) is 0 Å². The van der Waals surface area contributed by atoms with Gasteiger partial charge in [-0.25, -0.2) is 9.67 Å². The van der Waals surface area contributed by atoms with Crippen LogP contribution in [0.25, 0.3) is 11.4 Å². The van der Waals surface area contributed by atoms with E-state index < -0.39 is 0 Å². The zero-order valence-corrected chi connectivity index (χ0v) is 10.6. The molecule has 2 aromatic rings. The van der Waals surface area contributed by atoms with E-state index in [2.05, 4.69) is 23.9 Å². The van der Waals surface area contributed by atoms with Crippen molar-refractivity contribution in [2.24, 2.45) is 5.73 Å². The van der Waals surface area contributed by atoms with E-state index in [9.17, 15) is 0 Å². The average molecular weight is 251 g/mol. The molecule has 0 radical (unpaired) electrons. The summed E-state index contributed by atoms with van der Waals surface area (Å²) in [6.07, 6.45) is 1.56. The monoisotopic (exact) mass is 250 g/mol. The second-order valence-corrected chi connectivity index (χ2v) is 4.56. The van der Waals surface area contributed by atoms with Crippen molar-refractivity contribution < 1.29 is 0 Å². The minimum Gasteiger partial charge on any atom is -0.326 e. The van der Waals surface area contributed by atoms with Crippen molar-refractivity contribution in [2.75, 3.05) is 0 Å². The zero-order chi connectivity index (χ0) is 12.4. The SMILES string of the molecule is CC(C)n1ncnc1-c1ccc(Cl)cc1CN. The lowest BCUT2D eigenvalue weighted by atomic mass is 10.1. The Morgan fingerprint density at radius 2 is 2.18 bits per heavy atom. The summed E-state index contributed by atoms with van der Waals surface area (Å²) >= 11 is 5.96. The first-order chi connectivity index (χ1) is 8.13. The van der Waals surface area contributed by atoms with Crippen LogP contribution in [-0.4, -0.2) is 14.8 Å². The molecule has 0 saturated heterocycles. The lowest BCUT2D eigenvalue weighted by Crippen LogP contribution is -2.07. The van der Waals surface area contributed by atoms with Crippen LogP contribution >= 0.6 is 11.6 Å². The van der Waals surface area contributed by atoms with Crippen molar-refractivity contribution in [1.29, 1.82) is 0 Å². The minimum absolute atomic E-state index is 0.258. The molecule has 0 aliphatic heterocycles. The number of nitrogens with zero attached hydrogens (tertiary/aromatic N) is 3. The number of nitrogens with two attached hydrogens (primary N) is 1. The molecule has 1 aromatic carbocycles. The molecule has 0 aliphatic rings. The number of aromatic nitrogens is 3. The largest absolute Gasteiger partial charge is 0.326 e. The van der Waals surface area contributed by atoms with E-state index in [4.69, 9.17) is 17.3 Å². The van der Waals surface area contributed by atoms with Gasteiger partial charge in [0.15, 0.2) is 5.82 Å². The summed E-state index contributed by atoms with van der Waals surface area (Å²) in [6, 6.07) is 5.91. The second kappa shape index (κ2) is 4.85. The van der Waals surface area contributed by atoms with Gasteiger partial charge in [0.1, 0.15) is 6.33 Å². The molecule has 5 heteroatoms. The van der Waals surface area contributed by atoms with E-state index in [1.807, 2.05) is 22.9 Å². The van der Waals surface area contributed by atoms with Crippen LogP contribution in [0.1, 0.15) is 25.5 Å². The Balaban J connectivity index is 2.56. The summed E-state index contributed by atoms with van der Waals surface area (Å²) in [5.74, 6) is 0.831. The summed E-state index contributed by atoms with van der Waals surface area (Å²) in [7, 11) is 0. The fourth-order valence-electron chi connectivity index (χ4n) is 1.77. The standard InChI is InChI=1S/C12H15ClN4/c1-8(2)17-12(15-7-16-17)11-4-3-10(13)5-9(11)6-14/h3-5,7-8H,6,14H2,1-2H3. The third kappa shape index (κ3) is 2.33. The maximum Gasteiger partial charge on any atom is 0.158 e. The van der Waals surface area contributed by atoms with Gasteiger partial charge in [-0.05, 0) is 37.6 Å². The van der Waals surface area contributed by atoms with Crippen molar-refractivity contribution in [1.82, 2.24) is 14.8 Å². The van der Waals surface area contributed by atoms with Crippen LogP contribution in [0.4, 0.5) is 0 Å². The predicted molar refractivity (Wildman–Crippen MR) is 68.7 cm³/mol. The van der Waals surface area contributed by atoms with Gasteiger partial charge >= 0.3 is 0 Å². The van der Waals surface area contributed by atoms with Crippen LogP contribution in [0.5, 0.6) is 0 Å². The van der Waals surface area contributed by atoms with Crippen LogP contribution in [0.3, 0.4) is 0 Å². The molecule has 17 heavy (non-hydrogen) atoms. The molecule has 0 unspecified atom stereocenters. The van der Waals surface area contributed by atoms with Gasteiger partial charge in [0, 0.05) is 23.2 Å². The van der Waals surface area contributed by atoms with Crippen molar-refractivity contribution in [2.45, 2.75) is 26.4 Å². The smallest absolute Gasteiger partial charge is 0.158 e. The molecule has 0 amide bonds. The third-order valence-corrected chi connectivity index (χ3v) is 2.83. The van der Waals surface area contributed by atoms with Crippen LogP contribution in [-0.2, 0) is 6.54 Å². The van der Waals surface area contributed by atoms with E-state index in [0.29, 0.717) is 11.6 Å². The van der Waals surface area contributed by atoms with Gasteiger partial charge in [-0.15, -0.1) is 0 Å². The second-order valence-electron chi connectivity index (χ2n) is 4.13. The van der Waals surface area contributed by atoms with E-state index >= 15 is 0 Å². The first-order valence-electron chi connectivity index (χ1n) is 5.52. The van der Waals surface area contributed by atoms with Gasteiger partial charge in [-0.2, -0.15) is 5.10 Å². The molecule has 0 atom stereocenters. The van der Waals surface area contributed by atoms with E-state index in [1.165, 1.54) is 0 Å². The maximum absolute atomic E-state index is 5.96. The highest BCUT2D eigenvalue weighted by atomic mass is 35.5. The van der Waals surface area contributed by atoms with Crippen LogP contribution in [0, 0.1) is 0 Å². The molecule has 0 bridgehead atoms. The summed E-state index contributed by atoms with van der Waals surface area (Å²) < 4.78 is 1.88. The van der Waals surface area contributed by atoms with Crippen LogP contribution in [0.15, 0.2) is 24.5 Å². The van der Waals surface area contributed by atoms with Gasteiger partial charge < -0.3 is 5.73 Å². The summed E-state index contributed by atoms with van der Waals surface area (Å²) in [5, 5.41) is 4.91. The zero-order valence-electron chi connectivity index (χ0n) is 9.89. The number of hydrogen-bond donors (Lipinski definition) is 1. The Morgan fingerprint density at radius 3 is 2.82 bits per heavy atom. The molecule has 0 aliphatic carbocycles. The lowest BCUT2D eigenvalue weighted by molar-refractivity contribution is 0.537. The molecular formula is C12H15ClN4. The third-order valence-electron chi connectivity index (χ3n) is 2.59. The Kier molecular flexibility index (Phi) is 3.45. The minimum atomic E-state index is 0.258. The molecular weight excluding hydrogens is 236 g/mol. The van der Waals surface area contributed by atoms with E-state index in [0.717, 1.165) is 17.0 Å². The first kappa shape index (κ1) is 12.1. The molecule has 0 spiro atoms. The highest BCUT2D eigenvalue weighted by molar-refractivity contribution is 6.30. The fraction of sp³-hybridized carbons (Fsp3) is 0.333. The Morgan fingerprint density at radius 1 is 1.41 bits per heavy atom. The number of halogens is 1. The molecule has 90 valence electrons. The number of benzene rings is 1. The Bertz CT molecular complexity index is 519. The lowest BCUT2D eigenvalue weighted by Gasteiger charge is -2.12. The van der Waals surface area contributed by atoms with Gasteiger partial charge in [-0.1, -0.05) is 11.6 Å². The first-order valence-corrected chi connectivity index (χ1v) is 5.89. The molecule has 1 aromatic heterocycles. The van der Waals surface area contributed by atoms with E-state index in [-0.39, 0.29) is 6.04 Å². The van der Waals surface area contributed by atoms with Crippen molar-refractivity contribution in [3.05, 3.63) is 35.1 Å². The highest BCUT2D eigenvalue weighted by Gasteiger charge is 2.13. The van der Waals surface area contributed by atoms with Crippen LogP contribution in [0.2, 0.25) is 5.02 Å². The van der Waals surface area contributed by atoms with Gasteiger partial charge in [-0.3, -0.25) is 0 Å². The number of hydrogen-bond acceptors (Lipinski definition) is 3. The number of rotatable bonds is 3. The summed E-state index contributed by atoms with van der Waals surface area (Å²) in [6.45, 7) is 4.56.